The number of ketones is 4. The zero-order chi connectivity index (χ0) is 20.7. The predicted octanol–water partition coefficient (Wildman–Crippen LogP) is 2.91. The second-order valence-corrected chi connectivity index (χ2v) is 6.87. The van der Waals surface area contributed by atoms with E-state index in [1.807, 2.05) is 18.2 Å². The molecule has 0 aliphatic heterocycles. The van der Waals surface area contributed by atoms with E-state index in [1.165, 1.54) is 0 Å². The van der Waals surface area contributed by atoms with Crippen molar-refractivity contribution in [2.24, 2.45) is 11.3 Å². The number of nitrogens with zero attached hydrogens (tertiary/aromatic N) is 1. The summed E-state index contributed by atoms with van der Waals surface area (Å²) in [4.78, 5) is 49.5. The first-order valence-electron chi connectivity index (χ1n) is 8.89. The Morgan fingerprint density at radius 3 is 1.54 bits per heavy atom. The van der Waals surface area contributed by atoms with E-state index in [2.05, 4.69) is 0 Å². The largest absolute Gasteiger partial charge is 0.299 e. The molecule has 0 aliphatic rings. The first-order chi connectivity index (χ1) is 13.3. The Morgan fingerprint density at radius 1 is 0.821 bits per heavy atom. The molecule has 0 aliphatic carbocycles. The molecule has 0 unspecified atom stereocenters. The lowest BCUT2D eigenvalue weighted by molar-refractivity contribution is -0.148. The molecule has 0 N–H and O–H groups in total. The Kier molecular flexibility index (Phi) is 6.73. The smallest absolute Gasteiger partial charge is 0.220 e. The van der Waals surface area contributed by atoms with Crippen molar-refractivity contribution < 1.29 is 19.2 Å². The molecule has 0 saturated heterocycles. The number of hydrogen-bond donors (Lipinski definition) is 0. The van der Waals surface area contributed by atoms with E-state index >= 15 is 0 Å². The number of Topliss-reactive ketones (excluding diaryl/α,β-unsaturated/α-hetero) is 4. The van der Waals surface area contributed by atoms with Crippen LogP contribution < -0.4 is 0 Å². The molecule has 0 fully saturated rings. The number of carbonyl (C=O) groups excluding carboxylic acids is 4. The third kappa shape index (κ3) is 4.66. The van der Waals surface area contributed by atoms with Crippen molar-refractivity contribution in [3.05, 3.63) is 71.8 Å². The summed E-state index contributed by atoms with van der Waals surface area (Å²) in [7, 11) is 0. The van der Waals surface area contributed by atoms with Crippen molar-refractivity contribution in [1.29, 1.82) is 5.26 Å². The molecule has 5 heteroatoms. The quantitative estimate of drug-likeness (QED) is 0.496. The predicted molar refractivity (Wildman–Crippen MR) is 103 cm³/mol. The summed E-state index contributed by atoms with van der Waals surface area (Å²) >= 11 is 0. The maximum Gasteiger partial charge on any atom is 0.220 e. The summed E-state index contributed by atoms with van der Waals surface area (Å²) in [5.74, 6) is -5.17. The molecule has 2 aromatic rings. The third-order valence-corrected chi connectivity index (χ3v) is 4.65. The van der Waals surface area contributed by atoms with Crippen molar-refractivity contribution in [2.45, 2.75) is 26.7 Å². The average molecular weight is 375 g/mol. The Hall–Kier alpha value is -3.39. The van der Waals surface area contributed by atoms with Crippen LogP contribution in [-0.4, -0.2) is 23.1 Å². The van der Waals surface area contributed by atoms with Gasteiger partial charge < -0.3 is 0 Å². The zero-order valence-corrected chi connectivity index (χ0v) is 15.8. The molecule has 2 rings (SSSR count). The molecule has 0 bridgehead atoms. The molecule has 0 amide bonds. The van der Waals surface area contributed by atoms with Gasteiger partial charge in [0.25, 0.3) is 0 Å². The summed E-state index contributed by atoms with van der Waals surface area (Å²) < 4.78 is 0. The molecule has 0 atom stereocenters. The first-order valence-corrected chi connectivity index (χ1v) is 8.89. The van der Waals surface area contributed by atoms with Gasteiger partial charge in [-0.1, -0.05) is 60.7 Å². The van der Waals surface area contributed by atoms with Crippen LogP contribution in [-0.2, 0) is 32.0 Å². The maximum atomic E-state index is 13.2. The number of rotatable bonds is 9. The van der Waals surface area contributed by atoms with Gasteiger partial charge in [-0.2, -0.15) is 5.26 Å². The van der Waals surface area contributed by atoms with E-state index in [1.54, 1.807) is 48.5 Å². The second kappa shape index (κ2) is 9.01. The van der Waals surface area contributed by atoms with Gasteiger partial charge in [0.1, 0.15) is 22.9 Å². The van der Waals surface area contributed by atoms with Crippen LogP contribution in [0.25, 0.3) is 0 Å². The molecule has 0 saturated carbocycles. The van der Waals surface area contributed by atoms with Crippen LogP contribution in [0.1, 0.15) is 25.0 Å². The summed E-state index contributed by atoms with van der Waals surface area (Å²) in [5.41, 5.74) is -0.283. The van der Waals surface area contributed by atoms with Crippen LogP contribution in [0, 0.1) is 22.7 Å². The molecular weight excluding hydrogens is 354 g/mol. The fraction of sp³-hybridized carbons (Fsp3) is 0.261. The molecule has 0 radical (unpaired) electrons. The number of nitriles is 1. The lowest BCUT2D eigenvalue weighted by Gasteiger charge is -2.26. The Bertz CT molecular complexity index is 871. The molecule has 5 nitrogen and oxygen atoms in total. The monoisotopic (exact) mass is 375 g/mol. The Labute approximate surface area is 164 Å². The van der Waals surface area contributed by atoms with Crippen LogP contribution in [0.2, 0.25) is 0 Å². The lowest BCUT2D eigenvalue weighted by Crippen LogP contribution is -2.45. The van der Waals surface area contributed by atoms with Crippen LogP contribution in [0.3, 0.4) is 0 Å². The summed E-state index contributed by atoms with van der Waals surface area (Å²) in [6.07, 6.45) is 0.0126. The van der Waals surface area contributed by atoms with Crippen LogP contribution in [0.4, 0.5) is 0 Å². The molecule has 0 aromatic heterocycles. The molecule has 142 valence electrons. The Balaban J connectivity index is 2.51. The van der Waals surface area contributed by atoms with Gasteiger partial charge in [-0.05, 0) is 37.8 Å². The lowest BCUT2D eigenvalue weighted by atomic mass is 9.71. The Morgan fingerprint density at radius 2 is 1.21 bits per heavy atom. The van der Waals surface area contributed by atoms with Gasteiger partial charge in [-0.15, -0.1) is 0 Å². The van der Waals surface area contributed by atoms with Gasteiger partial charge in [0, 0.05) is 0 Å². The molecule has 0 heterocycles. The van der Waals surface area contributed by atoms with Gasteiger partial charge in [0.05, 0.1) is 6.07 Å². The summed E-state index contributed by atoms with van der Waals surface area (Å²) in [6.45, 7) is 2.19. The van der Waals surface area contributed by atoms with Crippen molar-refractivity contribution in [3.8, 4) is 6.07 Å². The minimum Gasteiger partial charge on any atom is -0.299 e. The van der Waals surface area contributed by atoms with Crippen molar-refractivity contribution in [1.82, 2.24) is 0 Å². The van der Waals surface area contributed by atoms with Crippen LogP contribution in [0.5, 0.6) is 0 Å². The highest BCUT2D eigenvalue weighted by Crippen LogP contribution is 2.30. The number of benzene rings is 2. The van der Waals surface area contributed by atoms with Crippen LogP contribution >= 0.6 is 0 Å². The van der Waals surface area contributed by atoms with Gasteiger partial charge in [0.15, 0.2) is 0 Å². The highest BCUT2D eigenvalue weighted by atomic mass is 16.2. The van der Waals surface area contributed by atoms with E-state index in [0.717, 1.165) is 13.8 Å². The van der Waals surface area contributed by atoms with Crippen LogP contribution in [0.15, 0.2) is 60.7 Å². The topological polar surface area (TPSA) is 92.1 Å². The van der Waals surface area contributed by atoms with Crippen molar-refractivity contribution in [2.75, 3.05) is 0 Å². The van der Waals surface area contributed by atoms with Crippen molar-refractivity contribution >= 4 is 23.1 Å². The highest BCUT2D eigenvalue weighted by molar-refractivity contribution is 6.47. The normalized spacial score (nSPS) is 10.9. The number of hydrogen-bond acceptors (Lipinski definition) is 5. The first kappa shape index (κ1) is 20.9. The zero-order valence-electron chi connectivity index (χ0n) is 15.8. The van der Waals surface area contributed by atoms with E-state index in [-0.39, 0.29) is 12.8 Å². The summed E-state index contributed by atoms with van der Waals surface area (Å²) in [6, 6.07) is 19.8. The van der Waals surface area contributed by atoms with Crippen molar-refractivity contribution in [3.63, 3.8) is 0 Å². The third-order valence-electron chi connectivity index (χ3n) is 4.65. The standard InChI is InChI=1S/C23H21NO4/c1-16(25)20(17(2)26)21(27)22(28)23(15-24,13-18-9-5-3-6-10-18)14-19-11-7-4-8-12-19/h3-12,20H,13-14H2,1-2H3. The SMILES string of the molecule is CC(=O)C(C(C)=O)C(=O)C(=O)C(C#N)(Cc1ccccc1)Cc1ccccc1. The minimum atomic E-state index is -1.71. The fourth-order valence-corrected chi connectivity index (χ4v) is 3.26. The van der Waals surface area contributed by atoms with E-state index in [9.17, 15) is 24.4 Å². The van der Waals surface area contributed by atoms with E-state index < -0.39 is 34.5 Å². The molecular formula is C23H21NO4. The second-order valence-electron chi connectivity index (χ2n) is 6.87. The molecule has 28 heavy (non-hydrogen) atoms. The average Bonchev–Trinajstić information content (AvgIpc) is 2.67. The highest BCUT2D eigenvalue weighted by Gasteiger charge is 2.46. The fourth-order valence-electron chi connectivity index (χ4n) is 3.26. The van der Waals surface area contributed by atoms with Gasteiger partial charge in [0.2, 0.25) is 11.6 Å². The molecule has 2 aromatic carbocycles. The summed E-state index contributed by atoms with van der Waals surface area (Å²) in [5, 5.41) is 9.98. The van der Waals surface area contributed by atoms with Gasteiger partial charge >= 0.3 is 0 Å². The van der Waals surface area contributed by atoms with Gasteiger partial charge in [-0.3, -0.25) is 19.2 Å². The molecule has 0 spiro atoms. The van der Waals surface area contributed by atoms with E-state index in [0.29, 0.717) is 11.1 Å². The maximum absolute atomic E-state index is 13.2. The van der Waals surface area contributed by atoms with E-state index in [4.69, 9.17) is 0 Å². The van der Waals surface area contributed by atoms with Gasteiger partial charge in [-0.25, -0.2) is 0 Å². The number of carbonyl (C=O) groups is 4. The minimum absolute atomic E-state index is 0.00629.